The van der Waals surface area contributed by atoms with Crippen LogP contribution in [0, 0.1) is 0 Å². The first kappa shape index (κ1) is 17.8. The Balaban J connectivity index is 2.10. The Hall–Kier alpha value is -2.53. The zero-order valence-corrected chi connectivity index (χ0v) is 14.2. The van der Waals surface area contributed by atoms with Gasteiger partial charge in [0.2, 0.25) is 0 Å². The van der Waals surface area contributed by atoms with Crippen LogP contribution in [0.2, 0.25) is 0 Å². The van der Waals surface area contributed by atoms with Gasteiger partial charge in [0.1, 0.15) is 17.1 Å². The van der Waals surface area contributed by atoms with Gasteiger partial charge in [-0.15, -0.1) is 0 Å². The monoisotopic (exact) mass is 330 g/mol. The minimum absolute atomic E-state index is 0.0930. The number of benzene rings is 2. The van der Waals surface area contributed by atoms with Gasteiger partial charge in [0.15, 0.2) is 0 Å². The Labute approximate surface area is 141 Å². The molecule has 0 heterocycles. The largest absolute Gasteiger partial charge is 0.514 e. The number of hydrogen-bond donors (Lipinski definition) is 2. The second-order valence-corrected chi connectivity index (χ2v) is 6.60. The van der Waals surface area contributed by atoms with Gasteiger partial charge in [0.05, 0.1) is 5.60 Å². The third-order valence-electron chi connectivity index (χ3n) is 3.62. The van der Waals surface area contributed by atoms with Gasteiger partial charge in [-0.25, -0.2) is 4.79 Å². The predicted molar refractivity (Wildman–Crippen MR) is 89.9 cm³/mol. The van der Waals surface area contributed by atoms with Crippen molar-refractivity contribution in [1.82, 2.24) is 0 Å². The van der Waals surface area contributed by atoms with E-state index in [4.69, 9.17) is 9.47 Å². The quantitative estimate of drug-likeness (QED) is 0.653. The number of aliphatic hydroxyl groups is 1. The predicted octanol–water partition coefficient (Wildman–Crippen LogP) is 4.07. The lowest BCUT2D eigenvalue weighted by Crippen LogP contribution is -2.27. The highest BCUT2D eigenvalue weighted by molar-refractivity contribution is 5.64. The van der Waals surface area contributed by atoms with E-state index in [1.165, 1.54) is 6.07 Å². The van der Waals surface area contributed by atoms with E-state index in [-0.39, 0.29) is 11.5 Å². The highest BCUT2D eigenvalue weighted by atomic mass is 16.7. The number of phenolic OH excluding ortho intramolecular Hbond substituents is 1. The number of rotatable bonds is 4. The summed E-state index contributed by atoms with van der Waals surface area (Å²) >= 11 is 0. The van der Waals surface area contributed by atoms with Crippen LogP contribution >= 0.6 is 0 Å². The molecule has 2 rings (SSSR count). The van der Waals surface area contributed by atoms with Crippen LogP contribution in [0.5, 0.6) is 11.5 Å². The maximum Gasteiger partial charge on any atom is 0.514 e. The van der Waals surface area contributed by atoms with Crippen molar-refractivity contribution in [2.45, 2.75) is 38.9 Å². The van der Waals surface area contributed by atoms with Gasteiger partial charge >= 0.3 is 6.16 Å². The molecule has 5 nitrogen and oxygen atoms in total. The minimum Gasteiger partial charge on any atom is -0.508 e. The van der Waals surface area contributed by atoms with E-state index in [1.807, 2.05) is 0 Å². The second-order valence-electron chi connectivity index (χ2n) is 6.60. The van der Waals surface area contributed by atoms with Crippen LogP contribution in [-0.4, -0.2) is 16.4 Å². The molecule has 0 fully saturated rings. The maximum atomic E-state index is 12.1. The van der Waals surface area contributed by atoms with E-state index in [2.05, 4.69) is 0 Å². The molecule has 2 aromatic carbocycles. The molecule has 128 valence electrons. The molecule has 2 aromatic rings. The summed E-state index contributed by atoms with van der Waals surface area (Å²) in [5.41, 5.74) is -0.738. The summed E-state index contributed by atoms with van der Waals surface area (Å²) < 4.78 is 10.6. The molecule has 0 aromatic heterocycles. The Kier molecular flexibility index (Phi) is 4.85. The first-order chi connectivity index (χ1) is 11.1. The van der Waals surface area contributed by atoms with Gasteiger partial charge < -0.3 is 19.7 Å². The fourth-order valence-corrected chi connectivity index (χ4v) is 2.20. The number of carbonyl (C=O) groups excluding carboxylic acids is 1. The molecule has 0 spiro atoms. The third-order valence-corrected chi connectivity index (χ3v) is 3.62. The van der Waals surface area contributed by atoms with Crippen molar-refractivity contribution in [3.05, 3.63) is 59.7 Å². The van der Waals surface area contributed by atoms with Crippen LogP contribution in [-0.2, 0) is 15.9 Å². The summed E-state index contributed by atoms with van der Waals surface area (Å²) in [4.78, 5) is 12.1. The van der Waals surface area contributed by atoms with Crippen molar-refractivity contribution in [1.29, 1.82) is 0 Å². The molecule has 24 heavy (non-hydrogen) atoms. The summed E-state index contributed by atoms with van der Waals surface area (Å²) in [5, 5.41) is 19.6. The Morgan fingerprint density at radius 3 is 2.21 bits per heavy atom. The lowest BCUT2D eigenvalue weighted by atomic mass is 9.98. The van der Waals surface area contributed by atoms with Crippen LogP contribution in [0.1, 0.15) is 38.8 Å². The van der Waals surface area contributed by atoms with Crippen molar-refractivity contribution < 1.29 is 24.5 Å². The second kappa shape index (κ2) is 6.53. The summed E-state index contributed by atoms with van der Waals surface area (Å²) in [6, 6.07) is 13.1. The molecule has 0 aliphatic carbocycles. The summed E-state index contributed by atoms with van der Waals surface area (Å²) in [5.74, 6) is 0.377. The van der Waals surface area contributed by atoms with Crippen LogP contribution < -0.4 is 4.74 Å². The molecule has 5 heteroatoms. The first-order valence-corrected chi connectivity index (χ1v) is 7.61. The van der Waals surface area contributed by atoms with Crippen LogP contribution in [0.15, 0.2) is 48.5 Å². The molecule has 0 aliphatic heterocycles. The maximum absolute atomic E-state index is 12.1. The van der Waals surface area contributed by atoms with Crippen molar-refractivity contribution in [2.75, 3.05) is 0 Å². The Bertz CT molecular complexity index is 729. The summed E-state index contributed by atoms with van der Waals surface area (Å²) in [6.45, 7) is 6.71. The molecule has 0 saturated heterocycles. The highest BCUT2D eigenvalue weighted by Gasteiger charge is 2.27. The van der Waals surface area contributed by atoms with Crippen LogP contribution in [0.4, 0.5) is 4.79 Å². The average Bonchev–Trinajstić information content (AvgIpc) is 2.46. The SMILES string of the molecule is CC(C)(O)c1cccc(OC(=O)OC(C)(C)c2cccc(O)c2)c1. The number of hydrogen-bond acceptors (Lipinski definition) is 5. The highest BCUT2D eigenvalue weighted by Crippen LogP contribution is 2.29. The number of carbonyl (C=O) groups is 1. The lowest BCUT2D eigenvalue weighted by molar-refractivity contribution is 0.00604. The van der Waals surface area contributed by atoms with E-state index in [1.54, 1.807) is 70.2 Å². The lowest BCUT2D eigenvalue weighted by Gasteiger charge is -2.25. The molecule has 0 unspecified atom stereocenters. The van der Waals surface area contributed by atoms with Crippen molar-refractivity contribution in [2.24, 2.45) is 0 Å². The van der Waals surface area contributed by atoms with Gasteiger partial charge in [-0.2, -0.15) is 0 Å². The fourth-order valence-electron chi connectivity index (χ4n) is 2.20. The van der Waals surface area contributed by atoms with Gasteiger partial charge in [-0.3, -0.25) is 0 Å². The molecular formula is C19H22O5. The molecule has 0 bridgehead atoms. The van der Waals surface area contributed by atoms with Gasteiger partial charge in [0, 0.05) is 0 Å². The van der Waals surface area contributed by atoms with Crippen LogP contribution in [0.25, 0.3) is 0 Å². The number of aromatic hydroxyl groups is 1. The van der Waals surface area contributed by atoms with E-state index in [0.29, 0.717) is 11.1 Å². The Morgan fingerprint density at radius 1 is 0.958 bits per heavy atom. The molecular weight excluding hydrogens is 308 g/mol. The molecule has 0 saturated carbocycles. The zero-order valence-electron chi connectivity index (χ0n) is 14.2. The molecule has 0 atom stereocenters. The normalized spacial score (nSPS) is 11.9. The topological polar surface area (TPSA) is 76.0 Å². The summed E-state index contributed by atoms with van der Waals surface area (Å²) in [6.07, 6.45) is -0.865. The average molecular weight is 330 g/mol. The van der Waals surface area contributed by atoms with E-state index in [9.17, 15) is 15.0 Å². The molecule has 2 N–H and O–H groups in total. The smallest absolute Gasteiger partial charge is 0.508 e. The summed E-state index contributed by atoms with van der Waals surface area (Å²) in [7, 11) is 0. The van der Waals surface area contributed by atoms with E-state index >= 15 is 0 Å². The van der Waals surface area contributed by atoms with Crippen molar-refractivity contribution >= 4 is 6.16 Å². The van der Waals surface area contributed by atoms with Crippen molar-refractivity contribution in [3.8, 4) is 11.5 Å². The molecule has 0 radical (unpaired) electrons. The Morgan fingerprint density at radius 2 is 1.58 bits per heavy atom. The van der Waals surface area contributed by atoms with Gasteiger partial charge in [-0.1, -0.05) is 24.3 Å². The standard InChI is InChI=1S/C19H22O5/c1-18(2,22)13-7-6-10-16(12-13)23-17(21)24-19(3,4)14-8-5-9-15(20)11-14/h5-12,20,22H,1-4H3. The molecule has 0 amide bonds. The molecule has 0 aliphatic rings. The minimum atomic E-state index is -1.04. The van der Waals surface area contributed by atoms with Crippen LogP contribution in [0.3, 0.4) is 0 Å². The fraction of sp³-hybridized carbons (Fsp3) is 0.316. The zero-order chi connectivity index (χ0) is 18.0. The van der Waals surface area contributed by atoms with E-state index in [0.717, 1.165) is 0 Å². The number of phenols is 1. The number of ether oxygens (including phenoxy) is 2. The van der Waals surface area contributed by atoms with E-state index < -0.39 is 17.4 Å². The third kappa shape index (κ3) is 4.49. The van der Waals surface area contributed by atoms with Gasteiger partial charge in [-0.05, 0) is 63.1 Å². The van der Waals surface area contributed by atoms with Gasteiger partial charge in [0.25, 0.3) is 0 Å². The first-order valence-electron chi connectivity index (χ1n) is 7.61. The van der Waals surface area contributed by atoms with Crippen molar-refractivity contribution in [3.63, 3.8) is 0 Å².